The Morgan fingerprint density at radius 1 is 1.75 bits per heavy atom. The van der Waals surface area contributed by atoms with Gasteiger partial charge in [-0.2, -0.15) is 0 Å². The maximum Gasteiger partial charge on any atom is 0.251 e. The Bertz CT molecular complexity index is 319. The van der Waals surface area contributed by atoms with E-state index in [0.717, 1.165) is 5.75 Å². The Morgan fingerprint density at radius 2 is 2.58 bits per heavy atom. The summed E-state index contributed by atoms with van der Waals surface area (Å²) in [6.07, 6.45) is 5.49. The van der Waals surface area contributed by atoms with E-state index in [1.807, 2.05) is 19.1 Å². The van der Waals surface area contributed by atoms with Gasteiger partial charge in [0.2, 0.25) is 0 Å². The smallest absolute Gasteiger partial charge is 0.251 e. The molecule has 1 rings (SSSR count). The summed E-state index contributed by atoms with van der Waals surface area (Å²) in [7, 11) is 0. The first-order valence-corrected chi connectivity index (χ1v) is 4.61. The van der Waals surface area contributed by atoms with Crippen LogP contribution < -0.4 is 5.56 Å². The third-order valence-electron chi connectivity index (χ3n) is 1.20. The summed E-state index contributed by atoms with van der Waals surface area (Å²) in [6.45, 7) is 1.96. The van der Waals surface area contributed by atoms with E-state index in [1.165, 1.54) is 24.0 Å². The summed E-state index contributed by atoms with van der Waals surface area (Å²) in [5.41, 5.74) is -0.104. The number of allylic oxidation sites excluding steroid dienone is 1. The van der Waals surface area contributed by atoms with Gasteiger partial charge >= 0.3 is 0 Å². The van der Waals surface area contributed by atoms with Gasteiger partial charge in [-0.1, -0.05) is 23.9 Å². The molecule has 0 saturated carbocycles. The molecule has 12 heavy (non-hydrogen) atoms. The molecule has 0 radical (unpaired) electrons. The molecule has 0 unspecified atom stereocenters. The van der Waals surface area contributed by atoms with Gasteiger partial charge in [0, 0.05) is 18.0 Å². The van der Waals surface area contributed by atoms with Gasteiger partial charge in [-0.25, -0.2) is 4.98 Å². The lowest BCUT2D eigenvalue weighted by atomic mass is 10.6. The van der Waals surface area contributed by atoms with Crippen LogP contribution in [0, 0.1) is 0 Å². The number of nitrogens with zero attached hydrogens (tertiary/aromatic N) is 1. The number of aromatic amines is 1. The van der Waals surface area contributed by atoms with Crippen LogP contribution in [0.4, 0.5) is 0 Å². The number of rotatable bonds is 3. The SMILES string of the molecule is C/C=C/CSc1nccc(=O)[nH]1. The third-order valence-corrected chi connectivity index (χ3v) is 2.04. The maximum atomic E-state index is 10.8. The molecule has 0 aliphatic carbocycles. The van der Waals surface area contributed by atoms with E-state index in [0.29, 0.717) is 5.16 Å². The predicted octanol–water partition coefficient (Wildman–Crippen LogP) is 1.44. The highest BCUT2D eigenvalue weighted by atomic mass is 32.2. The first kappa shape index (κ1) is 9.06. The van der Waals surface area contributed by atoms with Gasteiger partial charge < -0.3 is 4.98 Å². The molecule has 0 aliphatic heterocycles. The molecular formula is C8H10N2OS. The second kappa shape index (κ2) is 4.77. The van der Waals surface area contributed by atoms with Crippen LogP contribution in [0.2, 0.25) is 0 Å². The van der Waals surface area contributed by atoms with E-state index < -0.39 is 0 Å². The van der Waals surface area contributed by atoms with Crippen molar-refractivity contribution in [3.8, 4) is 0 Å². The zero-order valence-corrected chi connectivity index (χ0v) is 7.60. The molecule has 0 aliphatic rings. The van der Waals surface area contributed by atoms with Gasteiger partial charge in [0.1, 0.15) is 0 Å². The molecule has 1 aromatic heterocycles. The Morgan fingerprint density at radius 3 is 3.25 bits per heavy atom. The first-order valence-electron chi connectivity index (χ1n) is 3.62. The summed E-state index contributed by atoms with van der Waals surface area (Å²) in [4.78, 5) is 17.4. The fourth-order valence-corrected chi connectivity index (χ4v) is 1.40. The van der Waals surface area contributed by atoms with E-state index in [4.69, 9.17) is 0 Å². The molecule has 4 heteroatoms. The van der Waals surface area contributed by atoms with Gasteiger partial charge in [0.15, 0.2) is 5.16 Å². The van der Waals surface area contributed by atoms with Crippen LogP contribution in [-0.2, 0) is 0 Å². The average molecular weight is 182 g/mol. The lowest BCUT2D eigenvalue weighted by Gasteiger charge is -1.94. The maximum absolute atomic E-state index is 10.8. The summed E-state index contributed by atoms with van der Waals surface area (Å²) < 4.78 is 0. The fourth-order valence-electron chi connectivity index (χ4n) is 0.649. The second-order valence-corrected chi connectivity index (χ2v) is 3.13. The minimum absolute atomic E-state index is 0.104. The second-order valence-electron chi connectivity index (χ2n) is 2.12. The zero-order chi connectivity index (χ0) is 8.81. The van der Waals surface area contributed by atoms with Crippen molar-refractivity contribution in [3.63, 3.8) is 0 Å². The van der Waals surface area contributed by atoms with Crippen molar-refractivity contribution in [3.05, 3.63) is 34.8 Å². The van der Waals surface area contributed by atoms with Crippen LogP contribution >= 0.6 is 11.8 Å². The number of H-pyrrole nitrogens is 1. The van der Waals surface area contributed by atoms with Gasteiger partial charge in [-0.3, -0.25) is 4.79 Å². The molecule has 0 saturated heterocycles. The Hall–Kier alpha value is -1.03. The van der Waals surface area contributed by atoms with Crippen molar-refractivity contribution in [1.82, 2.24) is 9.97 Å². The number of hydrogen-bond acceptors (Lipinski definition) is 3. The van der Waals surface area contributed by atoms with Gasteiger partial charge in [0.05, 0.1) is 0 Å². The Labute approximate surface area is 74.9 Å². The normalized spacial score (nSPS) is 10.8. The zero-order valence-electron chi connectivity index (χ0n) is 6.78. The average Bonchev–Trinajstić information content (AvgIpc) is 2.05. The summed E-state index contributed by atoms with van der Waals surface area (Å²) in [6, 6.07) is 1.40. The van der Waals surface area contributed by atoms with E-state index in [2.05, 4.69) is 9.97 Å². The van der Waals surface area contributed by atoms with Crippen molar-refractivity contribution in [1.29, 1.82) is 0 Å². The van der Waals surface area contributed by atoms with Gasteiger partial charge in [0.25, 0.3) is 5.56 Å². The van der Waals surface area contributed by atoms with Crippen LogP contribution in [0.3, 0.4) is 0 Å². The number of thioether (sulfide) groups is 1. The molecule has 1 heterocycles. The molecule has 0 amide bonds. The van der Waals surface area contributed by atoms with Crippen LogP contribution in [0.5, 0.6) is 0 Å². The molecular weight excluding hydrogens is 172 g/mol. The van der Waals surface area contributed by atoms with Crippen molar-refractivity contribution in [2.24, 2.45) is 0 Å². The summed E-state index contributed by atoms with van der Waals surface area (Å²) in [5.74, 6) is 0.837. The van der Waals surface area contributed by atoms with Crippen molar-refractivity contribution in [2.75, 3.05) is 5.75 Å². The molecule has 0 fully saturated rings. The highest BCUT2D eigenvalue weighted by Gasteiger charge is 1.92. The number of nitrogens with one attached hydrogen (secondary N) is 1. The van der Waals surface area contributed by atoms with Crippen LogP contribution in [0.25, 0.3) is 0 Å². The molecule has 1 N–H and O–H groups in total. The fraction of sp³-hybridized carbons (Fsp3) is 0.250. The monoisotopic (exact) mass is 182 g/mol. The minimum atomic E-state index is -0.104. The van der Waals surface area contributed by atoms with E-state index in [1.54, 1.807) is 0 Å². The van der Waals surface area contributed by atoms with Crippen molar-refractivity contribution < 1.29 is 0 Å². The topological polar surface area (TPSA) is 45.8 Å². The summed E-state index contributed by atoms with van der Waals surface area (Å²) in [5, 5.41) is 0.667. The van der Waals surface area contributed by atoms with Gasteiger partial charge in [-0.05, 0) is 6.92 Å². The molecule has 0 spiro atoms. The Kier molecular flexibility index (Phi) is 3.60. The minimum Gasteiger partial charge on any atom is -0.301 e. The predicted molar refractivity (Wildman–Crippen MR) is 50.4 cm³/mol. The molecule has 0 bridgehead atoms. The van der Waals surface area contributed by atoms with Crippen molar-refractivity contribution in [2.45, 2.75) is 12.1 Å². The number of aromatic nitrogens is 2. The van der Waals surface area contributed by atoms with Crippen LogP contribution in [0.15, 0.2) is 34.4 Å². The standard InChI is InChI=1S/C8H10N2OS/c1-2-3-6-12-8-9-5-4-7(11)10-8/h2-5H,6H2,1H3,(H,9,10,11)/b3-2+. The highest BCUT2D eigenvalue weighted by molar-refractivity contribution is 7.99. The molecule has 0 atom stereocenters. The number of hydrogen-bond donors (Lipinski definition) is 1. The lowest BCUT2D eigenvalue weighted by molar-refractivity contribution is 0.938. The van der Waals surface area contributed by atoms with Crippen molar-refractivity contribution >= 4 is 11.8 Å². The summed E-state index contributed by atoms with van der Waals surface area (Å²) >= 11 is 1.51. The molecule has 64 valence electrons. The van der Waals surface area contributed by atoms with Gasteiger partial charge in [-0.15, -0.1) is 0 Å². The molecule has 3 nitrogen and oxygen atoms in total. The van der Waals surface area contributed by atoms with E-state index in [9.17, 15) is 4.79 Å². The van der Waals surface area contributed by atoms with E-state index in [-0.39, 0.29) is 5.56 Å². The molecule has 0 aromatic carbocycles. The third kappa shape index (κ3) is 2.92. The van der Waals surface area contributed by atoms with Crippen LogP contribution in [0.1, 0.15) is 6.92 Å². The first-order chi connectivity index (χ1) is 5.83. The quantitative estimate of drug-likeness (QED) is 0.437. The van der Waals surface area contributed by atoms with Crippen LogP contribution in [-0.4, -0.2) is 15.7 Å². The molecule has 1 aromatic rings. The highest BCUT2D eigenvalue weighted by Crippen LogP contribution is 2.08. The lowest BCUT2D eigenvalue weighted by Crippen LogP contribution is -2.05. The largest absolute Gasteiger partial charge is 0.301 e. The van der Waals surface area contributed by atoms with E-state index >= 15 is 0 Å². The Balaban J connectivity index is 2.58.